The van der Waals surface area contributed by atoms with Crippen molar-refractivity contribution in [2.45, 2.75) is 39.0 Å². The van der Waals surface area contributed by atoms with E-state index in [9.17, 15) is 14.4 Å². The predicted octanol–water partition coefficient (Wildman–Crippen LogP) is 3.45. The fourth-order valence-electron chi connectivity index (χ4n) is 3.26. The van der Waals surface area contributed by atoms with Gasteiger partial charge in [0.05, 0.1) is 17.9 Å². The van der Waals surface area contributed by atoms with Gasteiger partial charge in [-0.1, -0.05) is 24.9 Å². The molecular weight excluding hydrogens is 368 g/mol. The fraction of sp³-hybridized carbons (Fsp3) is 0.450. The lowest BCUT2D eigenvalue weighted by Gasteiger charge is -2.29. The van der Waals surface area contributed by atoms with Gasteiger partial charge in [0.1, 0.15) is 10.7 Å². The first-order valence-corrected chi connectivity index (χ1v) is 9.73. The molecular formula is C20H23ClN2O4. The van der Waals surface area contributed by atoms with E-state index in [0.29, 0.717) is 17.9 Å². The Balaban J connectivity index is 1.74. The van der Waals surface area contributed by atoms with Crippen LogP contribution in [0.3, 0.4) is 0 Å². The number of unbranched alkanes of at least 4 members (excludes halogenated alkanes) is 1. The molecule has 0 unspecified atom stereocenters. The van der Waals surface area contributed by atoms with Gasteiger partial charge in [0.15, 0.2) is 0 Å². The highest BCUT2D eigenvalue weighted by molar-refractivity contribution is 6.52. The van der Waals surface area contributed by atoms with Crippen LogP contribution in [0.25, 0.3) is 0 Å². The Hall–Kier alpha value is -2.34. The number of carbonyl (C=O) groups excluding carboxylic acids is 3. The highest BCUT2D eigenvalue weighted by atomic mass is 35.5. The standard InChI is InChI=1S/C20H23ClN2O4/c1-2-3-13-27-20(26)14-7-9-15(10-8-14)23-18(24)16(21)17(19(23)25)22-11-5-4-6-12-22/h7-10H,2-6,11-13H2,1H3. The SMILES string of the molecule is CCCCOC(=O)c1ccc(N2C(=O)C(Cl)=C(N3CCCCC3)C2=O)cc1. The van der Waals surface area contributed by atoms with Crippen molar-refractivity contribution in [2.75, 3.05) is 24.6 Å². The van der Waals surface area contributed by atoms with Crippen LogP contribution in [-0.4, -0.2) is 42.4 Å². The largest absolute Gasteiger partial charge is 0.462 e. The van der Waals surface area contributed by atoms with Crippen LogP contribution >= 0.6 is 11.6 Å². The number of likely N-dealkylation sites (tertiary alicyclic amines) is 1. The Kier molecular flexibility index (Phi) is 6.16. The zero-order valence-electron chi connectivity index (χ0n) is 15.4. The van der Waals surface area contributed by atoms with E-state index < -0.39 is 17.8 Å². The first-order valence-electron chi connectivity index (χ1n) is 9.35. The van der Waals surface area contributed by atoms with E-state index in [1.807, 2.05) is 11.8 Å². The summed E-state index contributed by atoms with van der Waals surface area (Å²) in [5.41, 5.74) is 1.05. The topological polar surface area (TPSA) is 66.9 Å². The highest BCUT2D eigenvalue weighted by Gasteiger charge is 2.41. The number of halogens is 1. The molecule has 7 heteroatoms. The Labute approximate surface area is 163 Å². The Morgan fingerprint density at radius 3 is 2.37 bits per heavy atom. The molecule has 0 bridgehead atoms. The minimum absolute atomic E-state index is 0.0371. The van der Waals surface area contributed by atoms with E-state index in [-0.39, 0.29) is 10.7 Å². The van der Waals surface area contributed by atoms with Gasteiger partial charge >= 0.3 is 5.97 Å². The van der Waals surface area contributed by atoms with Gasteiger partial charge in [-0.15, -0.1) is 0 Å². The van der Waals surface area contributed by atoms with Gasteiger partial charge in [0.25, 0.3) is 11.8 Å². The van der Waals surface area contributed by atoms with Crippen molar-refractivity contribution in [3.8, 4) is 0 Å². The molecule has 0 aromatic heterocycles. The second-order valence-corrected chi connectivity index (χ2v) is 7.07. The minimum Gasteiger partial charge on any atom is -0.462 e. The third-order valence-electron chi connectivity index (χ3n) is 4.77. The lowest BCUT2D eigenvalue weighted by molar-refractivity contribution is -0.121. The van der Waals surface area contributed by atoms with Gasteiger partial charge in [-0.05, 0) is 49.9 Å². The van der Waals surface area contributed by atoms with Crippen molar-refractivity contribution < 1.29 is 19.1 Å². The third-order valence-corrected chi connectivity index (χ3v) is 5.11. The normalized spacial score (nSPS) is 17.7. The molecule has 0 aliphatic carbocycles. The molecule has 2 amide bonds. The van der Waals surface area contributed by atoms with Crippen LogP contribution in [0.2, 0.25) is 0 Å². The number of hydrogen-bond acceptors (Lipinski definition) is 5. The summed E-state index contributed by atoms with van der Waals surface area (Å²) in [4.78, 5) is 40.4. The summed E-state index contributed by atoms with van der Waals surface area (Å²) in [6.45, 7) is 3.84. The zero-order chi connectivity index (χ0) is 19.4. The number of rotatable bonds is 6. The minimum atomic E-state index is -0.527. The molecule has 0 radical (unpaired) electrons. The average Bonchev–Trinajstić information content (AvgIpc) is 2.91. The molecule has 0 spiro atoms. The van der Waals surface area contributed by atoms with Crippen LogP contribution in [-0.2, 0) is 14.3 Å². The summed E-state index contributed by atoms with van der Waals surface area (Å²) in [6.07, 6.45) is 4.82. The van der Waals surface area contributed by atoms with Crippen molar-refractivity contribution in [1.82, 2.24) is 4.90 Å². The molecule has 27 heavy (non-hydrogen) atoms. The monoisotopic (exact) mass is 390 g/mol. The van der Waals surface area contributed by atoms with Crippen LogP contribution in [0, 0.1) is 0 Å². The number of carbonyl (C=O) groups is 3. The van der Waals surface area contributed by atoms with Gasteiger partial charge in [-0.2, -0.15) is 0 Å². The van der Waals surface area contributed by atoms with Crippen molar-refractivity contribution in [3.05, 3.63) is 40.6 Å². The summed E-state index contributed by atoms with van der Waals surface area (Å²) in [5, 5.41) is -0.0371. The fourth-order valence-corrected chi connectivity index (χ4v) is 3.54. The molecule has 3 rings (SSSR count). The average molecular weight is 391 g/mol. The summed E-state index contributed by atoms with van der Waals surface area (Å²) in [6, 6.07) is 6.24. The molecule has 1 aromatic carbocycles. The van der Waals surface area contributed by atoms with E-state index in [0.717, 1.165) is 50.1 Å². The quantitative estimate of drug-likeness (QED) is 0.423. The third kappa shape index (κ3) is 4.00. The number of hydrogen-bond donors (Lipinski definition) is 0. The number of amides is 2. The number of esters is 1. The predicted molar refractivity (Wildman–Crippen MR) is 102 cm³/mol. The summed E-state index contributed by atoms with van der Waals surface area (Å²) >= 11 is 6.21. The van der Waals surface area contributed by atoms with Gasteiger partial charge in [0, 0.05) is 13.1 Å². The number of anilines is 1. The number of imide groups is 1. The first kappa shape index (κ1) is 19.4. The maximum absolute atomic E-state index is 12.8. The summed E-state index contributed by atoms with van der Waals surface area (Å²) < 4.78 is 5.17. The summed E-state index contributed by atoms with van der Waals surface area (Å²) in [7, 11) is 0. The van der Waals surface area contributed by atoms with E-state index in [1.54, 1.807) is 24.3 Å². The zero-order valence-corrected chi connectivity index (χ0v) is 16.1. The first-order chi connectivity index (χ1) is 13.0. The highest BCUT2D eigenvalue weighted by Crippen LogP contribution is 2.32. The molecule has 2 aliphatic heterocycles. The lowest BCUT2D eigenvalue weighted by Crippen LogP contribution is -2.37. The number of benzene rings is 1. The Morgan fingerprint density at radius 2 is 1.74 bits per heavy atom. The van der Waals surface area contributed by atoms with Crippen molar-refractivity contribution in [3.63, 3.8) is 0 Å². The van der Waals surface area contributed by atoms with E-state index in [2.05, 4.69) is 0 Å². The molecule has 1 fully saturated rings. The van der Waals surface area contributed by atoms with Gasteiger partial charge in [-0.3, -0.25) is 9.59 Å². The molecule has 1 saturated heterocycles. The lowest BCUT2D eigenvalue weighted by atomic mass is 10.1. The van der Waals surface area contributed by atoms with Crippen LogP contribution in [0.15, 0.2) is 35.0 Å². The molecule has 0 atom stereocenters. The molecule has 144 valence electrons. The smallest absolute Gasteiger partial charge is 0.338 e. The van der Waals surface area contributed by atoms with E-state index >= 15 is 0 Å². The second kappa shape index (κ2) is 8.57. The van der Waals surface area contributed by atoms with Gasteiger partial charge in [0.2, 0.25) is 0 Å². The maximum Gasteiger partial charge on any atom is 0.338 e. The van der Waals surface area contributed by atoms with Crippen LogP contribution in [0.5, 0.6) is 0 Å². The molecule has 0 saturated carbocycles. The second-order valence-electron chi connectivity index (χ2n) is 6.69. The Morgan fingerprint density at radius 1 is 1.07 bits per heavy atom. The van der Waals surface area contributed by atoms with Crippen molar-refractivity contribution in [2.24, 2.45) is 0 Å². The molecule has 6 nitrogen and oxygen atoms in total. The van der Waals surface area contributed by atoms with Crippen LogP contribution in [0.1, 0.15) is 49.4 Å². The van der Waals surface area contributed by atoms with Gasteiger partial charge in [-0.25, -0.2) is 9.69 Å². The molecule has 1 aromatic rings. The maximum atomic E-state index is 12.8. The summed E-state index contributed by atoms with van der Waals surface area (Å²) in [5.74, 6) is -1.36. The number of ether oxygens (including phenoxy) is 1. The van der Waals surface area contributed by atoms with Crippen molar-refractivity contribution >= 4 is 35.1 Å². The molecule has 2 aliphatic rings. The molecule has 2 heterocycles. The van der Waals surface area contributed by atoms with Crippen LogP contribution < -0.4 is 4.90 Å². The van der Waals surface area contributed by atoms with E-state index in [1.165, 1.54) is 0 Å². The van der Waals surface area contributed by atoms with Gasteiger partial charge < -0.3 is 9.64 Å². The van der Waals surface area contributed by atoms with E-state index in [4.69, 9.17) is 16.3 Å². The van der Waals surface area contributed by atoms with Crippen molar-refractivity contribution in [1.29, 1.82) is 0 Å². The Bertz CT molecular complexity index is 767. The molecule has 0 N–H and O–H groups in total. The van der Waals surface area contributed by atoms with Crippen LogP contribution in [0.4, 0.5) is 5.69 Å². The number of nitrogens with zero attached hydrogens (tertiary/aromatic N) is 2. The number of piperidine rings is 1.